The Morgan fingerprint density at radius 3 is 1.97 bits per heavy atom. The number of aromatic nitrogens is 3. The van der Waals surface area contributed by atoms with Crippen molar-refractivity contribution in [3.8, 4) is 11.3 Å². The molecule has 1 saturated heterocycles. The number of fused-ring (bicyclic) bond motifs is 1. The Morgan fingerprint density at radius 1 is 0.908 bits per heavy atom. The molecule has 0 unspecified atom stereocenters. The van der Waals surface area contributed by atoms with Crippen LogP contribution in [0.3, 0.4) is 0 Å². The molecule has 0 aliphatic carbocycles. The minimum absolute atomic E-state index is 0.109. The molecule has 16 heteroatoms. The van der Waals surface area contributed by atoms with Crippen LogP contribution in [0.2, 0.25) is 18.1 Å². The van der Waals surface area contributed by atoms with Crippen LogP contribution in [-0.4, -0.2) is 81.8 Å². The molecule has 13 nitrogen and oxygen atoms in total. The summed E-state index contributed by atoms with van der Waals surface area (Å²) in [6, 6.07) is 32.1. The number of ketones is 1. The summed E-state index contributed by atoms with van der Waals surface area (Å²) in [5.41, 5.74) is 1.77. The molecule has 0 radical (unpaired) electrons. The number of hydrogen-bond donors (Lipinski definition) is 2. The van der Waals surface area contributed by atoms with Gasteiger partial charge in [0.05, 0.1) is 41.1 Å². The number of amides is 1. The van der Waals surface area contributed by atoms with E-state index in [4.69, 9.17) is 25.8 Å². The number of β-lactam (4-membered cyclic amide) rings is 1. The molecule has 3 aromatic heterocycles. The van der Waals surface area contributed by atoms with Crippen molar-refractivity contribution in [2.24, 2.45) is 33.7 Å². The maximum Gasteiger partial charge on any atom is 0.356 e. The van der Waals surface area contributed by atoms with Gasteiger partial charge in [-0.25, -0.2) is 9.78 Å². The van der Waals surface area contributed by atoms with Crippen molar-refractivity contribution in [2.45, 2.75) is 64.9 Å². The fourth-order valence-electron chi connectivity index (χ4n) is 8.44. The Balaban J connectivity index is 1.54. The molecule has 4 atom stereocenters. The maximum atomic E-state index is 15.7. The van der Waals surface area contributed by atoms with E-state index in [0.717, 1.165) is 15.9 Å². The van der Waals surface area contributed by atoms with Crippen LogP contribution in [-0.2, 0) is 18.8 Å². The number of nitrogens with two attached hydrogens (primary N) is 2. The zero-order valence-corrected chi connectivity index (χ0v) is 40.4. The number of rotatable bonds is 16. The third-order valence-electron chi connectivity index (χ3n) is 12.5. The predicted molar refractivity (Wildman–Crippen MR) is 267 cm³/mol. The van der Waals surface area contributed by atoms with Crippen molar-refractivity contribution in [1.82, 2.24) is 19.3 Å². The van der Waals surface area contributed by atoms with Gasteiger partial charge in [-0.15, -0.1) is 11.3 Å². The fourth-order valence-corrected chi connectivity index (χ4v) is 15.5. The minimum Gasteiger partial charge on any atom is -0.457 e. The summed E-state index contributed by atoms with van der Waals surface area (Å²) in [5, 5.41) is 9.93. The molecule has 1 fully saturated rings. The lowest BCUT2D eigenvalue weighted by Gasteiger charge is -2.54. The molecule has 1 aliphatic heterocycles. The molecular weight excluding hydrogens is 872 g/mol. The molecule has 3 aromatic carbocycles. The summed E-state index contributed by atoms with van der Waals surface area (Å²) >= 11 is 1.21. The predicted octanol–water partition coefficient (Wildman–Crippen LogP) is 6.95. The number of imidazole rings is 1. The van der Waals surface area contributed by atoms with Gasteiger partial charge in [-0.2, -0.15) is 10.2 Å². The number of carbonyl (C=O) groups excluding carboxylic acids is 3. The number of ether oxygens (including phenoxy) is 1. The molecule has 0 saturated carbocycles. The number of hydrazone groups is 2. The minimum atomic E-state index is -3.32. The highest BCUT2D eigenvalue weighted by atomic mass is 32.1. The standard InChI is InChI=1S/C49H55N8O5PSSi/c1-9-28-61-48(60)46(63(35-21-13-10-14-22-35,36-23-15-11-16-24-36)37-25-17-12-18-26-37)57-42(40(45(57)59)33(3)62-65(7,8)49(4,5)6)32(2)43(58)44-38(30-53-50)56-39(31-54-51)55-41(47(56)64-44)34-20-19-27-52-29-34/h9-27,29-33,40,42H,1,28,50-51H2,2-8H3/t32-,33-,40-,42-/m1/s1. The topological polar surface area (TPSA) is 180 Å². The Labute approximate surface area is 385 Å². The molecule has 4 N–H and O–H groups in total. The van der Waals surface area contributed by atoms with Gasteiger partial charge in [-0.1, -0.05) is 131 Å². The van der Waals surface area contributed by atoms with Gasteiger partial charge in [0.25, 0.3) is 0 Å². The third-order valence-corrected chi connectivity index (χ3v) is 22.5. The highest BCUT2D eigenvalue weighted by Crippen LogP contribution is 2.52. The first kappa shape index (κ1) is 46.7. The summed E-state index contributed by atoms with van der Waals surface area (Å²) in [6.07, 6.45) is 7.00. The van der Waals surface area contributed by atoms with E-state index in [1.165, 1.54) is 29.8 Å². The number of carbonyl (C=O) groups is 3. The molecule has 7 rings (SSSR count). The quantitative estimate of drug-likeness (QED) is 0.0120. The van der Waals surface area contributed by atoms with Crippen molar-refractivity contribution in [1.29, 1.82) is 0 Å². The van der Waals surface area contributed by atoms with E-state index in [-0.39, 0.29) is 28.8 Å². The molecule has 1 amide bonds. The monoisotopic (exact) mass is 926 g/mol. The number of Topliss-reactive ketones (excluding diaryl/α,β-unsaturated/α-hetero) is 1. The van der Waals surface area contributed by atoms with Crippen LogP contribution in [0.25, 0.3) is 16.1 Å². The van der Waals surface area contributed by atoms with Crippen molar-refractivity contribution in [2.75, 3.05) is 6.61 Å². The Kier molecular flexibility index (Phi) is 13.7. The third kappa shape index (κ3) is 8.45. The van der Waals surface area contributed by atoms with E-state index in [9.17, 15) is 0 Å². The van der Waals surface area contributed by atoms with Gasteiger partial charge in [0.15, 0.2) is 19.9 Å². The van der Waals surface area contributed by atoms with Gasteiger partial charge in [0.2, 0.25) is 5.91 Å². The van der Waals surface area contributed by atoms with Crippen LogP contribution < -0.4 is 27.6 Å². The van der Waals surface area contributed by atoms with Crippen LogP contribution in [0.15, 0.2) is 138 Å². The van der Waals surface area contributed by atoms with Crippen molar-refractivity contribution in [3.05, 3.63) is 145 Å². The second kappa shape index (κ2) is 19.1. The van der Waals surface area contributed by atoms with Crippen molar-refractivity contribution >= 4 is 82.8 Å². The van der Waals surface area contributed by atoms with Crippen LogP contribution in [0, 0.1) is 11.8 Å². The molecule has 1 aliphatic rings. The summed E-state index contributed by atoms with van der Waals surface area (Å²) in [4.78, 5) is 58.2. The first-order valence-electron chi connectivity index (χ1n) is 21.3. The Bertz CT molecular complexity index is 2720. The summed E-state index contributed by atoms with van der Waals surface area (Å²) < 4.78 is 14.8. The van der Waals surface area contributed by atoms with Crippen LogP contribution in [0.1, 0.15) is 55.8 Å². The number of benzene rings is 3. The van der Waals surface area contributed by atoms with Gasteiger partial charge < -0.3 is 25.7 Å². The fraction of sp³-hybridized carbons (Fsp3) is 0.265. The first-order valence-corrected chi connectivity index (χ1v) is 26.8. The maximum absolute atomic E-state index is 15.7. The van der Waals surface area contributed by atoms with E-state index in [1.54, 1.807) is 34.7 Å². The van der Waals surface area contributed by atoms with Crippen LogP contribution in [0.4, 0.5) is 0 Å². The summed E-state index contributed by atoms with van der Waals surface area (Å²) in [7, 11) is -2.49. The summed E-state index contributed by atoms with van der Waals surface area (Å²) in [6.45, 7) is 14.8. The molecule has 65 heavy (non-hydrogen) atoms. The largest absolute Gasteiger partial charge is 0.457 e. The average Bonchev–Trinajstić information content (AvgIpc) is 3.85. The van der Waals surface area contributed by atoms with Gasteiger partial charge >= 0.3 is 5.97 Å². The van der Waals surface area contributed by atoms with Crippen molar-refractivity contribution < 1.29 is 23.5 Å². The van der Waals surface area contributed by atoms with Gasteiger partial charge in [-0.3, -0.25) is 19.0 Å². The van der Waals surface area contributed by atoms with E-state index in [0.29, 0.717) is 32.5 Å². The highest BCUT2D eigenvalue weighted by Gasteiger charge is 2.59. The number of thiazole rings is 1. The lowest BCUT2D eigenvalue weighted by atomic mass is 9.74. The molecule has 4 heterocycles. The van der Waals surface area contributed by atoms with Gasteiger partial charge in [-0.05, 0) is 53.1 Å². The van der Waals surface area contributed by atoms with E-state index in [2.05, 4.69) is 55.6 Å². The molecule has 0 spiro atoms. The Morgan fingerprint density at radius 2 is 1.48 bits per heavy atom. The first-order chi connectivity index (χ1) is 31.1. The molecule has 0 bridgehead atoms. The second-order valence-electron chi connectivity index (χ2n) is 17.4. The Hall–Kier alpha value is -6.25. The normalized spacial score (nSPS) is 16.7. The summed E-state index contributed by atoms with van der Waals surface area (Å²) in [5.74, 6) is 8.78. The average molecular weight is 927 g/mol. The van der Waals surface area contributed by atoms with E-state index >= 15 is 14.4 Å². The molecular formula is C49H55N8O5PSSi. The molecule has 336 valence electrons. The number of esters is 1. The zero-order valence-electron chi connectivity index (χ0n) is 37.7. The zero-order chi connectivity index (χ0) is 46.7. The number of likely N-dealkylation sites (tertiary alicyclic amines) is 1. The van der Waals surface area contributed by atoms with E-state index in [1.807, 2.05) is 104 Å². The number of hydrogen-bond acceptors (Lipinski definition) is 12. The van der Waals surface area contributed by atoms with Gasteiger partial charge in [0, 0.05) is 30.8 Å². The van der Waals surface area contributed by atoms with Crippen LogP contribution >= 0.6 is 18.2 Å². The molecule has 6 aromatic rings. The van der Waals surface area contributed by atoms with E-state index < -0.39 is 45.2 Å². The SMILES string of the molecule is C=CCOC(=O)C(N1C(=O)[C@H]([C@@H](C)O[Si](C)(C)C(C)(C)C)[C@H]1[C@@H](C)C(=O)c1sc2c(-c3cccnc3)nc(C=NN)n2c1C=NN)=P(c1ccccc1)(c1ccccc1)c1ccccc1. The smallest absolute Gasteiger partial charge is 0.356 e. The van der Waals surface area contributed by atoms with Gasteiger partial charge in [0.1, 0.15) is 22.5 Å². The number of nitrogens with zero attached hydrogens (tertiary/aromatic N) is 6. The lowest BCUT2D eigenvalue weighted by molar-refractivity contribution is -0.158. The number of pyridine rings is 1. The lowest BCUT2D eigenvalue weighted by Crippen LogP contribution is -2.71. The highest BCUT2D eigenvalue weighted by molar-refractivity contribution is 7.96. The second-order valence-corrected chi connectivity index (χ2v) is 26.5. The van der Waals surface area contributed by atoms with Crippen LogP contribution in [0.5, 0.6) is 0 Å². The van der Waals surface area contributed by atoms with Crippen molar-refractivity contribution in [3.63, 3.8) is 0 Å².